The SMILES string of the molecule is CC(C)c1nc(COc2ccc(F)cc2[C@H](C)N)cs1. The molecule has 5 heteroatoms. The van der Waals surface area contributed by atoms with Gasteiger partial charge in [-0.2, -0.15) is 0 Å². The topological polar surface area (TPSA) is 48.1 Å². The highest BCUT2D eigenvalue weighted by atomic mass is 32.1. The van der Waals surface area contributed by atoms with E-state index < -0.39 is 0 Å². The summed E-state index contributed by atoms with van der Waals surface area (Å²) in [5.74, 6) is 0.722. The number of aromatic nitrogens is 1. The number of nitrogens with two attached hydrogens (primary N) is 1. The summed E-state index contributed by atoms with van der Waals surface area (Å²) >= 11 is 1.63. The molecule has 1 heterocycles. The number of nitrogens with zero attached hydrogens (tertiary/aromatic N) is 1. The fourth-order valence-corrected chi connectivity index (χ4v) is 2.63. The maximum atomic E-state index is 13.2. The van der Waals surface area contributed by atoms with E-state index in [4.69, 9.17) is 10.5 Å². The summed E-state index contributed by atoms with van der Waals surface area (Å²) in [5.41, 5.74) is 7.39. The van der Waals surface area contributed by atoms with E-state index in [9.17, 15) is 4.39 Å². The highest BCUT2D eigenvalue weighted by molar-refractivity contribution is 7.09. The van der Waals surface area contributed by atoms with Gasteiger partial charge >= 0.3 is 0 Å². The van der Waals surface area contributed by atoms with Crippen LogP contribution in [-0.2, 0) is 6.61 Å². The van der Waals surface area contributed by atoms with E-state index in [1.165, 1.54) is 12.1 Å². The number of thiazole rings is 1. The minimum atomic E-state index is -0.305. The first-order valence-corrected chi connectivity index (χ1v) is 7.47. The lowest BCUT2D eigenvalue weighted by atomic mass is 10.1. The van der Waals surface area contributed by atoms with Gasteiger partial charge in [0, 0.05) is 22.9 Å². The van der Waals surface area contributed by atoms with Gasteiger partial charge in [0.15, 0.2) is 0 Å². The van der Waals surface area contributed by atoms with E-state index in [2.05, 4.69) is 18.8 Å². The van der Waals surface area contributed by atoms with Crippen LogP contribution in [0.3, 0.4) is 0 Å². The molecule has 1 atom stereocenters. The van der Waals surface area contributed by atoms with Gasteiger partial charge in [-0.3, -0.25) is 0 Å². The summed E-state index contributed by atoms with van der Waals surface area (Å²) in [7, 11) is 0. The summed E-state index contributed by atoms with van der Waals surface area (Å²) in [5, 5.41) is 3.08. The maximum Gasteiger partial charge on any atom is 0.131 e. The van der Waals surface area contributed by atoms with Crippen molar-refractivity contribution < 1.29 is 9.13 Å². The molecule has 0 bridgehead atoms. The average molecular weight is 294 g/mol. The van der Waals surface area contributed by atoms with Gasteiger partial charge in [0.25, 0.3) is 0 Å². The molecule has 0 saturated heterocycles. The van der Waals surface area contributed by atoms with E-state index in [-0.39, 0.29) is 11.9 Å². The molecule has 2 aromatic rings. The van der Waals surface area contributed by atoms with Crippen molar-refractivity contribution in [2.45, 2.75) is 39.3 Å². The lowest BCUT2D eigenvalue weighted by Gasteiger charge is -2.13. The number of hydrogen-bond acceptors (Lipinski definition) is 4. The van der Waals surface area contributed by atoms with Gasteiger partial charge in [-0.05, 0) is 25.1 Å². The molecule has 2 N–H and O–H groups in total. The standard InChI is InChI=1S/C15H19FN2OS/c1-9(2)15-18-12(8-20-15)7-19-14-5-4-11(16)6-13(14)10(3)17/h4-6,8-10H,7,17H2,1-3H3/t10-/m0/s1. The first-order valence-electron chi connectivity index (χ1n) is 6.59. The Labute approximate surface area is 122 Å². The zero-order chi connectivity index (χ0) is 14.7. The number of halogens is 1. The normalized spacial score (nSPS) is 12.7. The molecule has 0 spiro atoms. The molecule has 0 unspecified atom stereocenters. The second-order valence-electron chi connectivity index (χ2n) is 5.09. The zero-order valence-electron chi connectivity index (χ0n) is 11.9. The summed E-state index contributed by atoms with van der Waals surface area (Å²) in [6.07, 6.45) is 0. The lowest BCUT2D eigenvalue weighted by Crippen LogP contribution is -2.08. The quantitative estimate of drug-likeness (QED) is 0.906. The van der Waals surface area contributed by atoms with Crippen LogP contribution >= 0.6 is 11.3 Å². The molecule has 3 nitrogen and oxygen atoms in total. The molecule has 2 rings (SSSR count). The van der Waals surface area contributed by atoms with Crippen LogP contribution in [-0.4, -0.2) is 4.98 Å². The zero-order valence-corrected chi connectivity index (χ0v) is 12.7. The van der Waals surface area contributed by atoms with Crippen LogP contribution in [0, 0.1) is 5.82 Å². The second-order valence-corrected chi connectivity index (χ2v) is 5.98. The van der Waals surface area contributed by atoms with Crippen molar-refractivity contribution in [1.29, 1.82) is 0 Å². The molecule has 0 radical (unpaired) electrons. The Hall–Kier alpha value is -1.46. The smallest absolute Gasteiger partial charge is 0.131 e. The fourth-order valence-electron chi connectivity index (χ4n) is 1.81. The first kappa shape index (κ1) is 14.9. The average Bonchev–Trinajstić information content (AvgIpc) is 2.86. The van der Waals surface area contributed by atoms with E-state index >= 15 is 0 Å². The number of hydrogen-bond donors (Lipinski definition) is 1. The van der Waals surface area contributed by atoms with Crippen LogP contribution in [0.2, 0.25) is 0 Å². The van der Waals surface area contributed by atoms with Gasteiger partial charge in [-0.15, -0.1) is 11.3 Å². The molecule has 0 fully saturated rings. The van der Waals surface area contributed by atoms with E-state index in [0.717, 1.165) is 10.7 Å². The first-order chi connectivity index (χ1) is 9.47. The third-order valence-corrected chi connectivity index (χ3v) is 4.10. The Morgan fingerprint density at radius 1 is 1.35 bits per heavy atom. The van der Waals surface area contributed by atoms with Crippen LogP contribution in [0.4, 0.5) is 4.39 Å². The third kappa shape index (κ3) is 3.55. The minimum absolute atomic E-state index is 0.276. The molecule has 0 saturated carbocycles. The third-order valence-electron chi connectivity index (χ3n) is 2.90. The van der Waals surface area contributed by atoms with Crippen molar-refractivity contribution in [3.63, 3.8) is 0 Å². The molecule has 1 aromatic heterocycles. The monoisotopic (exact) mass is 294 g/mol. The summed E-state index contributed by atoms with van der Waals surface area (Å²) < 4.78 is 19.0. The number of rotatable bonds is 5. The van der Waals surface area contributed by atoms with E-state index in [1.807, 2.05) is 5.38 Å². The van der Waals surface area contributed by atoms with Gasteiger partial charge < -0.3 is 10.5 Å². The molecule has 20 heavy (non-hydrogen) atoms. The summed E-state index contributed by atoms with van der Waals surface area (Å²) in [4.78, 5) is 4.51. The van der Waals surface area contributed by atoms with E-state index in [1.54, 1.807) is 24.3 Å². The maximum absolute atomic E-state index is 13.2. The van der Waals surface area contributed by atoms with Crippen LogP contribution in [0.15, 0.2) is 23.6 Å². The van der Waals surface area contributed by atoms with Gasteiger partial charge in [-0.25, -0.2) is 9.37 Å². The van der Waals surface area contributed by atoms with Crippen molar-refractivity contribution in [3.05, 3.63) is 45.7 Å². The van der Waals surface area contributed by atoms with Crippen LogP contribution in [0.1, 0.15) is 49.0 Å². The highest BCUT2D eigenvalue weighted by Crippen LogP contribution is 2.26. The number of ether oxygens (including phenoxy) is 1. The number of benzene rings is 1. The predicted octanol–water partition coefficient (Wildman–Crippen LogP) is 4.00. The Balaban J connectivity index is 2.10. The molecule has 0 aliphatic heterocycles. The molecule has 0 amide bonds. The Morgan fingerprint density at radius 2 is 2.10 bits per heavy atom. The van der Waals surface area contributed by atoms with Crippen LogP contribution < -0.4 is 10.5 Å². The van der Waals surface area contributed by atoms with Gasteiger partial charge in [0.05, 0.1) is 10.7 Å². The molecule has 1 aromatic carbocycles. The minimum Gasteiger partial charge on any atom is -0.487 e. The van der Waals surface area contributed by atoms with Gasteiger partial charge in [-0.1, -0.05) is 13.8 Å². The second kappa shape index (κ2) is 6.33. The van der Waals surface area contributed by atoms with Crippen LogP contribution in [0.25, 0.3) is 0 Å². The summed E-state index contributed by atoms with van der Waals surface area (Å²) in [6.45, 7) is 6.39. The largest absolute Gasteiger partial charge is 0.487 e. The molecule has 108 valence electrons. The molecule has 0 aliphatic rings. The molecule has 0 aliphatic carbocycles. The van der Waals surface area contributed by atoms with Crippen molar-refractivity contribution in [2.75, 3.05) is 0 Å². The fraction of sp³-hybridized carbons (Fsp3) is 0.400. The van der Waals surface area contributed by atoms with Crippen molar-refractivity contribution in [2.24, 2.45) is 5.73 Å². The Morgan fingerprint density at radius 3 is 2.70 bits per heavy atom. The van der Waals surface area contributed by atoms with Crippen molar-refractivity contribution in [3.8, 4) is 5.75 Å². The van der Waals surface area contributed by atoms with Gasteiger partial charge in [0.2, 0.25) is 0 Å². The van der Waals surface area contributed by atoms with Crippen LogP contribution in [0.5, 0.6) is 5.75 Å². The Bertz CT molecular complexity index is 581. The molecular weight excluding hydrogens is 275 g/mol. The Kier molecular flexibility index (Phi) is 4.73. The highest BCUT2D eigenvalue weighted by Gasteiger charge is 2.11. The van der Waals surface area contributed by atoms with Gasteiger partial charge in [0.1, 0.15) is 18.2 Å². The predicted molar refractivity (Wildman–Crippen MR) is 79.5 cm³/mol. The van der Waals surface area contributed by atoms with Crippen molar-refractivity contribution in [1.82, 2.24) is 4.98 Å². The lowest BCUT2D eigenvalue weighted by molar-refractivity contribution is 0.296. The van der Waals surface area contributed by atoms with Crippen molar-refractivity contribution >= 4 is 11.3 Å². The molecular formula is C15H19FN2OS. The van der Waals surface area contributed by atoms with E-state index in [0.29, 0.717) is 23.8 Å². The summed E-state index contributed by atoms with van der Waals surface area (Å²) in [6, 6.07) is 4.13.